The fourth-order valence-electron chi connectivity index (χ4n) is 4.42. The van der Waals surface area contributed by atoms with Crippen LogP contribution in [0.25, 0.3) is 11.1 Å². The van der Waals surface area contributed by atoms with Gasteiger partial charge in [0.25, 0.3) is 0 Å². The molecule has 2 heterocycles. The zero-order valence-electron chi connectivity index (χ0n) is 16.1. The molecule has 4 N–H and O–H groups in total. The van der Waals surface area contributed by atoms with Crippen LogP contribution in [0.5, 0.6) is 0 Å². The van der Waals surface area contributed by atoms with Crippen molar-refractivity contribution >= 4 is 5.91 Å². The minimum Gasteiger partial charge on any atom is -0.339 e. The maximum absolute atomic E-state index is 14.7. The molecule has 8 heteroatoms. The monoisotopic (exact) mass is 396 g/mol. The van der Waals surface area contributed by atoms with Gasteiger partial charge in [-0.15, -0.1) is 0 Å². The first kappa shape index (κ1) is 19.6. The van der Waals surface area contributed by atoms with Crippen molar-refractivity contribution in [2.75, 3.05) is 6.54 Å². The molecule has 152 valence electrons. The number of aromatic nitrogens is 2. The van der Waals surface area contributed by atoms with Crippen molar-refractivity contribution in [3.63, 3.8) is 0 Å². The van der Waals surface area contributed by atoms with Gasteiger partial charge in [-0.05, 0) is 42.4 Å². The number of nitriles is 1. The molecule has 2 aromatic rings. The Labute approximate surface area is 169 Å². The number of carbonyl (C=O) groups excluding carboxylic acids is 1. The quantitative estimate of drug-likeness (QED) is 0.654. The van der Waals surface area contributed by atoms with Gasteiger partial charge in [0.1, 0.15) is 11.9 Å². The van der Waals surface area contributed by atoms with Gasteiger partial charge in [-0.2, -0.15) is 10.4 Å². The normalized spacial score (nSPS) is 23.7. The molecule has 7 nitrogen and oxygen atoms in total. The van der Waals surface area contributed by atoms with Gasteiger partial charge in [0.05, 0.1) is 24.9 Å². The Kier molecular flexibility index (Phi) is 5.60. The highest BCUT2D eigenvalue weighted by Crippen LogP contribution is 2.35. The number of hydrogen-bond donors (Lipinski definition) is 3. The van der Waals surface area contributed by atoms with Crippen molar-refractivity contribution in [2.45, 2.75) is 50.4 Å². The predicted molar refractivity (Wildman–Crippen MR) is 106 cm³/mol. The second-order valence-electron chi connectivity index (χ2n) is 7.90. The topological polar surface area (TPSA) is 109 Å². The number of rotatable bonds is 7. The first-order valence-electron chi connectivity index (χ1n) is 10.0. The summed E-state index contributed by atoms with van der Waals surface area (Å²) < 4.78 is 16.4. The third-order valence-electron chi connectivity index (χ3n) is 5.92. The third kappa shape index (κ3) is 4.16. The third-order valence-corrected chi connectivity index (χ3v) is 5.92. The summed E-state index contributed by atoms with van der Waals surface area (Å²) in [5, 5.41) is 19.8. The summed E-state index contributed by atoms with van der Waals surface area (Å²) in [4.78, 5) is 12.5. The maximum atomic E-state index is 14.7. The minimum absolute atomic E-state index is 0.127. The van der Waals surface area contributed by atoms with Crippen LogP contribution in [0, 0.1) is 23.1 Å². The van der Waals surface area contributed by atoms with Crippen LogP contribution in [-0.2, 0) is 17.8 Å². The summed E-state index contributed by atoms with van der Waals surface area (Å²) >= 11 is 0. The number of nitrogens with one attached hydrogen (secondary N) is 2. The number of nitrogens with two attached hydrogens (primary N) is 1. The van der Waals surface area contributed by atoms with Crippen LogP contribution in [0.1, 0.15) is 24.8 Å². The lowest BCUT2D eigenvalue weighted by atomic mass is 9.98. The Morgan fingerprint density at radius 2 is 2.31 bits per heavy atom. The molecule has 0 radical (unpaired) electrons. The molecule has 4 unspecified atom stereocenters. The van der Waals surface area contributed by atoms with E-state index in [4.69, 9.17) is 5.73 Å². The fourth-order valence-corrected chi connectivity index (χ4v) is 4.42. The van der Waals surface area contributed by atoms with Crippen molar-refractivity contribution in [1.29, 1.82) is 5.26 Å². The molecule has 2 fully saturated rings. The van der Waals surface area contributed by atoms with Gasteiger partial charge >= 0.3 is 0 Å². The Hall–Kier alpha value is -2.76. The smallest absolute Gasteiger partial charge is 0.238 e. The van der Waals surface area contributed by atoms with Gasteiger partial charge in [-0.25, -0.2) is 4.39 Å². The number of amides is 1. The van der Waals surface area contributed by atoms with Crippen molar-refractivity contribution in [3.8, 4) is 17.2 Å². The highest BCUT2D eigenvalue weighted by molar-refractivity contribution is 5.83. The molecule has 1 aliphatic carbocycles. The molecule has 1 aromatic heterocycles. The number of carbonyl (C=O) groups is 1. The van der Waals surface area contributed by atoms with Gasteiger partial charge in [0.15, 0.2) is 0 Å². The maximum Gasteiger partial charge on any atom is 0.238 e. The highest BCUT2D eigenvalue weighted by atomic mass is 19.1. The molecule has 29 heavy (non-hydrogen) atoms. The standard InChI is InChI=1S/C21H25FN6O/c22-19-9-13(16-11-25-28(12-16)6-5-23)1-2-14(19)7-18(10-24)27-21(29)20-15-3-4-17(8-15)26-20/h1-2,9,11-12,15,17-18,20,26H,3-8,23H2,(H,27,29). The fraction of sp³-hybridized carbons (Fsp3) is 0.476. The molecule has 4 atom stereocenters. The average Bonchev–Trinajstić information content (AvgIpc) is 3.46. The predicted octanol–water partition coefficient (Wildman–Crippen LogP) is 1.34. The zero-order chi connectivity index (χ0) is 20.4. The molecule has 0 spiro atoms. The molecule has 1 saturated heterocycles. The van der Waals surface area contributed by atoms with Gasteiger partial charge in [-0.1, -0.05) is 12.1 Å². The number of fused-ring (bicyclic) bond motifs is 2. The summed E-state index contributed by atoms with van der Waals surface area (Å²) in [5.41, 5.74) is 7.43. The van der Waals surface area contributed by atoms with E-state index in [-0.39, 0.29) is 18.4 Å². The van der Waals surface area contributed by atoms with Crippen molar-refractivity contribution in [1.82, 2.24) is 20.4 Å². The summed E-state index contributed by atoms with van der Waals surface area (Å²) in [6, 6.07) is 6.40. The van der Waals surface area contributed by atoms with E-state index in [0.717, 1.165) is 24.8 Å². The Morgan fingerprint density at radius 3 is 2.97 bits per heavy atom. The Bertz CT molecular complexity index is 935. The van der Waals surface area contributed by atoms with E-state index in [1.165, 1.54) is 6.07 Å². The Balaban J connectivity index is 1.41. The zero-order valence-corrected chi connectivity index (χ0v) is 16.1. The van der Waals surface area contributed by atoms with E-state index in [2.05, 4.69) is 21.8 Å². The molecular formula is C21H25FN6O. The average molecular weight is 396 g/mol. The van der Waals surface area contributed by atoms with Crippen LogP contribution in [0.15, 0.2) is 30.6 Å². The van der Waals surface area contributed by atoms with E-state index >= 15 is 0 Å². The Morgan fingerprint density at radius 1 is 1.45 bits per heavy atom. The lowest BCUT2D eigenvalue weighted by molar-refractivity contribution is -0.124. The molecule has 2 aliphatic rings. The van der Waals surface area contributed by atoms with Crippen LogP contribution in [0.3, 0.4) is 0 Å². The van der Waals surface area contributed by atoms with Gasteiger partial charge in [0.2, 0.25) is 5.91 Å². The molecular weight excluding hydrogens is 371 g/mol. The largest absolute Gasteiger partial charge is 0.339 e. The van der Waals surface area contributed by atoms with Crippen LogP contribution in [-0.4, -0.2) is 40.4 Å². The molecule has 2 bridgehead atoms. The number of nitrogens with zero attached hydrogens (tertiary/aromatic N) is 3. The molecule has 1 amide bonds. The number of benzene rings is 1. The lowest BCUT2D eigenvalue weighted by Gasteiger charge is -2.23. The highest BCUT2D eigenvalue weighted by Gasteiger charge is 2.43. The number of piperidine rings is 1. The molecule has 1 saturated carbocycles. The number of hydrogen-bond acceptors (Lipinski definition) is 5. The number of halogens is 1. The molecule has 1 aromatic carbocycles. The van der Waals surface area contributed by atoms with Crippen molar-refractivity contribution in [3.05, 3.63) is 42.0 Å². The summed E-state index contributed by atoms with van der Waals surface area (Å²) in [6.45, 7) is 1.08. The SMILES string of the molecule is N#CC(Cc1ccc(-c2cnn(CCN)c2)cc1F)NC(=O)C1NC2CCC1C2. The van der Waals surface area contributed by atoms with Crippen molar-refractivity contribution in [2.24, 2.45) is 11.7 Å². The minimum atomic E-state index is -0.768. The van der Waals surface area contributed by atoms with Crippen LogP contribution in [0.4, 0.5) is 4.39 Å². The summed E-state index contributed by atoms with van der Waals surface area (Å²) in [5.74, 6) is -0.217. The second kappa shape index (κ2) is 8.31. The molecule has 4 rings (SSSR count). The van der Waals surface area contributed by atoms with Crippen molar-refractivity contribution < 1.29 is 9.18 Å². The summed E-state index contributed by atoms with van der Waals surface area (Å²) in [7, 11) is 0. The van der Waals surface area contributed by atoms with E-state index in [1.54, 1.807) is 23.0 Å². The second-order valence-corrected chi connectivity index (χ2v) is 7.90. The van der Waals surface area contributed by atoms with E-state index < -0.39 is 11.9 Å². The van der Waals surface area contributed by atoms with Crippen LogP contribution >= 0.6 is 0 Å². The lowest BCUT2D eigenvalue weighted by Crippen LogP contribution is -2.50. The van der Waals surface area contributed by atoms with Gasteiger partial charge < -0.3 is 16.4 Å². The van der Waals surface area contributed by atoms with Crippen LogP contribution < -0.4 is 16.4 Å². The van der Waals surface area contributed by atoms with Gasteiger partial charge in [-0.3, -0.25) is 9.48 Å². The van der Waals surface area contributed by atoms with E-state index in [1.807, 2.05) is 6.20 Å². The van der Waals surface area contributed by atoms with Crippen LogP contribution in [0.2, 0.25) is 0 Å². The summed E-state index contributed by atoms with van der Waals surface area (Å²) in [6.07, 6.45) is 6.80. The molecule has 1 aliphatic heterocycles. The first-order valence-corrected chi connectivity index (χ1v) is 10.0. The van der Waals surface area contributed by atoms with E-state index in [9.17, 15) is 14.4 Å². The van der Waals surface area contributed by atoms with Gasteiger partial charge in [0, 0.05) is 30.8 Å². The first-order chi connectivity index (χ1) is 14.1. The van der Waals surface area contributed by atoms with E-state index in [0.29, 0.717) is 36.2 Å².